The maximum Gasteiger partial charge on any atom is 0.573 e. The number of benzene rings is 3. The second-order valence-corrected chi connectivity index (χ2v) is 6.26. The van der Waals surface area contributed by atoms with Crippen molar-refractivity contribution in [2.75, 3.05) is 0 Å². The van der Waals surface area contributed by atoms with E-state index in [1.165, 1.54) is 12.1 Å². The summed E-state index contributed by atoms with van der Waals surface area (Å²) < 4.78 is 46.4. The Balaban J connectivity index is 1.75. The highest BCUT2D eigenvalue weighted by Gasteiger charge is 2.31. The molecular formula is C19H14F3O2S+. The van der Waals surface area contributed by atoms with Gasteiger partial charge in [-0.2, -0.15) is 0 Å². The Morgan fingerprint density at radius 3 is 2.00 bits per heavy atom. The van der Waals surface area contributed by atoms with Gasteiger partial charge in [-0.25, -0.2) is 0 Å². The molecular weight excluding hydrogens is 349 g/mol. The lowest BCUT2D eigenvalue weighted by Crippen LogP contribution is -2.16. The van der Waals surface area contributed by atoms with E-state index in [1.54, 1.807) is 12.1 Å². The molecule has 0 fully saturated rings. The van der Waals surface area contributed by atoms with Crippen LogP contribution in [0.25, 0.3) is 0 Å². The van der Waals surface area contributed by atoms with E-state index in [0.717, 1.165) is 27.3 Å². The highest BCUT2D eigenvalue weighted by Crippen LogP contribution is 2.29. The van der Waals surface area contributed by atoms with Gasteiger partial charge in [0.15, 0.2) is 10.6 Å². The number of halogens is 3. The van der Waals surface area contributed by atoms with Crippen LogP contribution in [0.2, 0.25) is 0 Å². The fourth-order valence-corrected chi connectivity index (χ4v) is 3.08. The molecule has 0 aliphatic rings. The third-order valence-corrected chi connectivity index (χ3v) is 4.32. The van der Waals surface area contributed by atoms with Crippen molar-refractivity contribution in [2.24, 2.45) is 0 Å². The largest absolute Gasteiger partial charge is 0.573 e. The fourth-order valence-electron chi connectivity index (χ4n) is 2.11. The van der Waals surface area contributed by atoms with E-state index in [1.807, 2.05) is 54.6 Å². The SMILES string of the molecule is FC(F)(F)Oc1ccc([SH+]c2ccccc2Oc2ccccc2)cc1. The van der Waals surface area contributed by atoms with Crippen LogP contribution >= 0.6 is 0 Å². The number of hydrogen-bond acceptors (Lipinski definition) is 2. The third kappa shape index (κ3) is 5.19. The molecule has 3 aromatic rings. The summed E-state index contributed by atoms with van der Waals surface area (Å²) in [6.07, 6.45) is -4.69. The van der Waals surface area contributed by atoms with Crippen LogP contribution in [0.3, 0.4) is 0 Å². The smallest absolute Gasteiger partial charge is 0.452 e. The van der Waals surface area contributed by atoms with Crippen molar-refractivity contribution in [1.29, 1.82) is 0 Å². The van der Waals surface area contributed by atoms with Crippen LogP contribution in [0.4, 0.5) is 13.2 Å². The lowest BCUT2D eigenvalue weighted by atomic mass is 10.3. The summed E-state index contributed by atoms with van der Waals surface area (Å²) in [4.78, 5) is 1.74. The Morgan fingerprint density at radius 1 is 0.680 bits per heavy atom. The topological polar surface area (TPSA) is 18.5 Å². The first-order valence-electron chi connectivity index (χ1n) is 7.39. The van der Waals surface area contributed by atoms with Gasteiger partial charge in [0.05, 0.1) is 11.8 Å². The Morgan fingerprint density at radius 2 is 1.32 bits per heavy atom. The van der Waals surface area contributed by atoms with E-state index >= 15 is 0 Å². The highest BCUT2D eigenvalue weighted by molar-refractivity contribution is 7.78. The predicted octanol–water partition coefficient (Wildman–Crippen LogP) is 5.61. The van der Waals surface area contributed by atoms with E-state index in [4.69, 9.17) is 4.74 Å². The molecule has 2 nitrogen and oxygen atoms in total. The zero-order chi connectivity index (χ0) is 17.7. The maximum atomic E-state index is 12.2. The van der Waals surface area contributed by atoms with Gasteiger partial charge in [-0.3, -0.25) is 0 Å². The summed E-state index contributed by atoms with van der Waals surface area (Å²) in [5, 5.41) is 0. The third-order valence-electron chi connectivity index (χ3n) is 3.16. The summed E-state index contributed by atoms with van der Waals surface area (Å²) in [5.41, 5.74) is 0. The average Bonchev–Trinajstić information content (AvgIpc) is 2.58. The first-order valence-corrected chi connectivity index (χ1v) is 8.28. The Kier molecular flexibility index (Phi) is 5.19. The molecule has 3 aromatic carbocycles. The summed E-state index contributed by atoms with van der Waals surface area (Å²) in [6.45, 7) is 0. The summed E-state index contributed by atoms with van der Waals surface area (Å²) >= 11 is 0.824. The van der Waals surface area contributed by atoms with Crippen LogP contribution < -0.4 is 9.47 Å². The first kappa shape index (κ1) is 17.2. The molecule has 3 rings (SSSR count). The van der Waals surface area contributed by atoms with Crippen molar-refractivity contribution in [1.82, 2.24) is 0 Å². The molecule has 0 N–H and O–H groups in total. The molecule has 6 heteroatoms. The fraction of sp³-hybridized carbons (Fsp3) is 0.0526. The van der Waals surface area contributed by atoms with Crippen molar-refractivity contribution in [2.45, 2.75) is 16.2 Å². The number of alkyl halides is 3. The van der Waals surface area contributed by atoms with Gasteiger partial charge in [-0.1, -0.05) is 30.3 Å². The summed E-state index contributed by atoms with van der Waals surface area (Å²) in [7, 11) is 0. The molecule has 128 valence electrons. The zero-order valence-corrected chi connectivity index (χ0v) is 13.8. The molecule has 0 saturated carbocycles. The normalized spacial score (nSPS) is 11.2. The number of ether oxygens (including phenoxy) is 2. The van der Waals surface area contributed by atoms with Gasteiger partial charge in [-0.05, 0) is 48.5 Å². The lowest BCUT2D eigenvalue weighted by Gasteiger charge is -2.08. The van der Waals surface area contributed by atoms with Crippen LogP contribution in [0.1, 0.15) is 0 Å². The van der Waals surface area contributed by atoms with E-state index in [9.17, 15) is 13.2 Å². The average molecular weight is 363 g/mol. The van der Waals surface area contributed by atoms with E-state index in [2.05, 4.69) is 4.74 Å². The van der Waals surface area contributed by atoms with Crippen molar-refractivity contribution in [3.05, 3.63) is 78.9 Å². The van der Waals surface area contributed by atoms with Crippen LogP contribution in [-0.2, 0) is 11.8 Å². The van der Waals surface area contributed by atoms with E-state index in [-0.39, 0.29) is 5.75 Å². The van der Waals surface area contributed by atoms with Crippen molar-refractivity contribution < 1.29 is 22.6 Å². The van der Waals surface area contributed by atoms with Gasteiger partial charge in [0.1, 0.15) is 11.5 Å². The van der Waals surface area contributed by atoms with Crippen LogP contribution in [0.15, 0.2) is 88.7 Å². The highest BCUT2D eigenvalue weighted by atomic mass is 32.2. The lowest BCUT2D eigenvalue weighted by molar-refractivity contribution is -0.274. The second-order valence-electron chi connectivity index (χ2n) is 5.04. The molecule has 0 unspecified atom stereocenters. The molecule has 0 radical (unpaired) electrons. The van der Waals surface area contributed by atoms with Crippen LogP contribution in [0, 0.1) is 0 Å². The molecule has 0 aliphatic heterocycles. The minimum absolute atomic E-state index is 0.236. The molecule has 25 heavy (non-hydrogen) atoms. The van der Waals surface area contributed by atoms with Gasteiger partial charge in [0, 0.05) is 0 Å². The van der Waals surface area contributed by atoms with Gasteiger partial charge in [0.25, 0.3) is 0 Å². The minimum Gasteiger partial charge on any atom is -0.452 e. The minimum atomic E-state index is -4.69. The molecule has 0 aliphatic carbocycles. The summed E-state index contributed by atoms with van der Waals surface area (Å²) in [5.74, 6) is 1.19. The predicted molar refractivity (Wildman–Crippen MR) is 91.4 cm³/mol. The van der Waals surface area contributed by atoms with Gasteiger partial charge in [-0.15, -0.1) is 13.2 Å². The molecule has 0 atom stereocenters. The molecule has 0 amide bonds. The van der Waals surface area contributed by atoms with Crippen molar-refractivity contribution >= 4 is 11.8 Å². The van der Waals surface area contributed by atoms with Gasteiger partial charge < -0.3 is 9.47 Å². The van der Waals surface area contributed by atoms with Gasteiger partial charge in [0.2, 0.25) is 4.90 Å². The monoisotopic (exact) mass is 363 g/mol. The Bertz CT molecular complexity index is 818. The van der Waals surface area contributed by atoms with Crippen molar-refractivity contribution in [3.8, 4) is 17.2 Å². The quantitative estimate of drug-likeness (QED) is 0.433. The number of rotatable bonds is 5. The molecule has 0 saturated heterocycles. The number of para-hydroxylation sites is 2. The Labute approximate surface area is 147 Å². The summed E-state index contributed by atoms with van der Waals surface area (Å²) in [6, 6.07) is 22.7. The van der Waals surface area contributed by atoms with E-state index < -0.39 is 6.36 Å². The number of hydrogen-bond donors (Lipinski definition) is 0. The second kappa shape index (κ2) is 7.53. The Hall–Kier alpha value is -2.60. The van der Waals surface area contributed by atoms with Crippen LogP contribution in [-0.4, -0.2) is 6.36 Å². The van der Waals surface area contributed by atoms with Crippen LogP contribution in [0.5, 0.6) is 17.2 Å². The van der Waals surface area contributed by atoms with E-state index in [0.29, 0.717) is 5.75 Å². The first-order chi connectivity index (χ1) is 12.0. The standard InChI is InChI=1S/C19H13F3O2S/c20-19(21,22)24-15-10-12-16(13-11-15)25-18-9-5-4-8-17(18)23-14-6-2-1-3-7-14/h1-13H/p+1. The zero-order valence-electron chi connectivity index (χ0n) is 12.9. The molecule has 0 spiro atoms. The maximum absolute atomic E-state index is 12.2. The van der Waals surface area contributed by atoms with Gasteiger partial charge >= 0.3 is 6.36 Å². The molecule has 0 bridgehead atoms. The number of thiol groups is 1. The molecule has 0 heterocycles. The molecule has 0 aromatic heterocycles. The van der Waals surface area contributed by atoms with Crippen molar-refractivity contribution in [3.63, 3.8) is 0 Å².